The topological polar surface area (TPSA) is 68.5 Å². The maximum atomic E-state index is 13.9. The number of fused-ring (bicyclic) bond motifs is 1. The number of anilines is 1. The maximum Gasteiger partial charge on any atom is 0.450 e. The Morgan fingerprint density at radius 2 is 1.59 bits per heavy atom. The van der Waals surface area contributed by atoms with E-state index in [0.29, 0.717) is 5.02 Å². The van der Waals surface area contributed by atoms with Crippen LogP contribution in [0.15, 0.2) is 69.9 Å². The van der Waals surface area contributed by atoms with Crippen molar-refractivity contribution in [3.05, 3.63) is 92.8 Å². The van der Waals surface area contributed by atoms with Gasteiger partial charge in [-0.3, -0.25) is 9.59 Å². The van der Waals surface area contributed by atoms with Crippen LogP contribution in [0.25, 0.3) is 22.1 Å². The third kappa shape index (κ3) is 6.11. The van der Waals surface area contributed by atoms with E-state index in [9.17, 15) is 22.8 Å². The van der Waals surface area contributed by atoms with Crippen LogP contribution in [0, 0.1) is 0 Å². The molecule has 0 atom stereocenters. The van der Waals surface area contributed by atoms with Crippen LogP contribution in [0.1, 0.15) is 56.4 Å². The van der Waals surface area contributed by atoms with E-state index in [-0.39, 0.29) is 34.1 Å². The summed E-state index contributed by atoms with van der Waals surface area (Å²) >= 11 is 5.86. The summed E-state index contributed by atoms with van der Waals surface area (Å²) in [6.07, 6.45) is -4.93. The van der Waals surface area contributed by atoms with E-state index in [2.05, 4.69) is 5.32 Å². The molecule has 0 fully saturated rings. The molecule has 1 heterocycles. The Labute approximate surface area is 228 Å². The van der Waals surface area contributed by atoms with E-state index in [1.165, 1.54) is 42.5 Å². The first-order chi connectivity index (χ1) is 18.4. The Kier molecular flexibility index (Phi) is 8.07. The molecule has 39 heavy (non-hydrogen) atoms. The van der Waals surface area contributed by atoms with Gasteiger partial charge in [0.1, 0.15) is 11.3 Å². The number of halogens is 4. The molecule has 1 aromatic heterocycles. The number of rotatable bonds is 7. The molecule has 0 aliphatic rings. The van der Waals surface area contributed by atoms with Gasteiger partial charge in [0.05, 0.1) is 10.9 Å². The minimum absolute atomic E-state index is 0.0295. The molecule has 0 radical (unpaired) electrons. The van der Waals surface area contributed by atoms with Crippen molar-refractivity contribution < 1.29 is 27.1 Å². The van der Waals surface area contributed by atoms with Crippen LogP contribution in [-0.4, -0.2) is 12.5 Å². The Morgan fingerprint density at radius 3 is 2.15 bits per heavy atom. The summed E-state index contributed by atoms with van der Waals surface area (Å²) in [4.78, 5) is 25.9. The second-order valence-corrected chi connectivity index (χ2v) is 10.2. The third-order valence-electron chi connectivity index (χ3n) is 6.26. The molecular formula is C30H27ClF3NO4. The Morgan fingerprint density at radius 1 is 0.974 bits per heavy atom. The summed E-state index contributed by atoms with van der Waals surface area (Å²) in [7, 11) is 0. The molecule has 9 heteroatoms. The molecule has 0 saturated heterocycles. The predicted octanol–water partition coefficient (Wildman–Crippen LogP) is 8.40. The van der Waals surface area contributed by atoms with Gasteiger partial charge in [0, 0.05) is 16.8 Å². The largest absolute Gasteiger partial charge is 0.484 e. The van der Waals surface area contributed by atoms with Gasteiger partial charge >= 0.3 is 6.18 Å². The number of carbonyl (C=O) groups is 1. The summed E-state index contributed by atoms with van der Waals surface area (Å²) < 4.78 is 52.5. The zero-order valence-electron chi connectivity index (χ0n) is 21.8. The van der Waals surface area contributed by atoms with Crippen LogP contribution in [0.4, 0.5) is 18.9 Å². The highest BCUT2D eigenvalue weighted by Gasteiger charge is 2.39. The highest BCUT2D eigenvalue weighted by molar-refractivity contribution is 6.30. The molecule has 0 saturated carbocycles. The molecular weight excluding hydrogens is 531 g/mol. The lowest BCUT2D eigenvalue weighted by molar-refractivity contribution is -0.152. The number of ether oxygens (including phenoxy) is 1. The molecule has 1 N–H and O–H groups in total. The quantitative estimate of drug-likeness (QED) is 0.248. The molecule has 1 amide bonds. The summed E-state index contributed by atoms with van der Waals surface area (Å²) in [5.74, 6) is -1.44. The van der Waals surface area contributed by atoms with Gasteiger partial charge in [0.15, 0.2) is 6.61 Å². The van der Waals surface area contributed by atoms with Crippen molar-refractivity contribution in [2.24, 2.45) is 0 Å². The van der Waals surface area contributed by atoms with Crippen LogP contribution in [0.3, 0.4) is 0 Å². The monoisotopic (exact) mass is 557 g/mol. The van der Waals surface area contributed by atoms with Crippen LogP contribution in [0.2, 0.25) is 5.02 Å². The second kappa shape index (κ2) is 11.1. The lowest BCUT2D eigenvalue weighted by atomic mass is 9.92. The molecule has 0 spiro atoms. The fraction of sp³-hybridized carbons (Fsp3) is 0.267. The number of hydrogen-bond acceptors (Lipinski definition) is 4. The van der Waals surface area contributed by atoms with E-state index >= 15 is 0 Å². The number of amides is 1. The van der Waals surface area contributed by atoms with Gasteiger partial charge in [0.2, 0.25) is 11.2 Å². The molecule has 204 valence electrons. The van der Waals surface area contributed by atoms with Gasteiger partial charge in [-0.1, -0.05) is 69.6 Å². The fourth-order valence-corrected chi connectivity index (χ4v) is 4.49. The number of alkyl halides is 3. The molecule has 3 aromatic carbocycles. The van der Waals surface area contributed by atoms with E-state index in [0.717, 1.165) is 16.8 Å². The number of para-hydroxylation sites is 1. The average molecular weight is 558 g/mol. The first kappa shape index (κ1) is 28.2. The zero-order valence-corrected chi connectivity index (χ0v) is 22.5. The van der Waals surface area contributed by atoms with Crippen molar-refractivity contribution in [2.45, 2.75) is 45.7 Å². The zero-order chi connectivity index (χ0) is 28.5. The Bertz CT molecular complexity index is 1550. The standard InChI is InChI=1S/C30H27ClF3NO4/c1-16(2)21-6-5-7-22(17(3)4)27(21)35-25(36)15-38-20-12-13-23-24(14-20)39-29(30(32,33)34)26(28(23)37)18-8-10-19(31)11-9-18/h5-14,16-17H,15H2,1-4H3,(H,35,36). The number of benzene rings is 3. The van der Waals surface area contributed by atoms with E-state index in [1.54, 1.807) is 0 Å². The van der Waals surface area contributed by atoms with Crippen molar-refractivity contribution >= 4 is 34.2 Å². The number of hydrogen-bond donors (Lipinski definition) is 1. The predicted molar refractivity (Wildman–Crippen MR) is 147 cm³/mol. The van der Waals surface area contributed by atoms with Crippen molar-refractivity contribution in [3.63, 3.8) is 0 Å². The van der Waals surface area contributed by atoms with Gasteiger partial charge in [0.25, 0.3) is 5.91 Å². The first-order valence-electron chi connectivity index (χ1n) is 12.4. The van der Waals surface area contributed by atoms with Crippen molar-refractivity contribution in [1.29, 1.82) is 0 Å². The molecule has 0 bridgehead atoms. The van der Waals surface area contributed by atoms with Gasteiger partial charge < -0.3 is 14.5 Å². The molecule has 0 aliphatic carbocycles. The summed E-state index contributed by atoms with van der Waals surface area (Å²) in [6, 6.07) is 15.2. The fourth-order valence-electron chi connectivity index (χ4n) is 4.36. The minimum atomic E-state index is -4.93. The molecule has 0 aliphatic heterocycles. The first-order valence-corrected chi connectivity index (χ1v) is 12.7. The molecule has 0 unspecified atom stereocenters. The lowest BCUT2D eigenvalue weighted by Gasteiger charge is -2.20. The molecule has 4 rings (SSSR count). The average Bonchev–Trinajstić information content (AvgIpc) is 2.87. The smallest absolute Gasteiger partial charge is 0.450 e. The third-order valence-corrected chi connectivity index (χ3v) is 6.51. The van der Waals surface area contributed by atoms with Crippen molar-refractivity contribution in [1.82, 2.24) is 0 Å². The summed E-state index contributed by atoms with van der Waals surface area (Å²) in [5, 5.41) is 3.18. The normalized spacial score (nSPS) is 11.8. The van der Waals surface area contributed by atoms with Crippen LogP contribution in [0.5, 0.6) is 5.75 Å². The SMILES string of the molecule is CC(C)c1cccc(C(C)C)c1NC(=O)COc1ccc2c(=O)c(-c3ccc(Cl)cc3)c(C(F)(F)F)oc2c1. The highest BCUT2D eigenvalue weighted by Crippen LogP contribution is 2.38. The molecule has 4 aromatic rings. The Hall–Kier alpha value is -3.78. The van der Waals surface area contributed by atoms with Gasteiger partial charge in [-0.25, -0.2) is 0 Å². The van der Waals surface area contributed by atoms with Gasteiger partial charge in [-0.2, -0.15) is 13.2 Å². The van der Waals surface area contributed by atoms with E-state index in [1.807, 2.05) is 45.9 Å². The van der Waals surface area contributed by atoms with E-state index in [4.69, 9.17) is 20.8 Å². The van der Waals surface area contributed by atoms with Gasteiger partial charge in [-0.15, -0.1) is 0 Å². The van der Waals surface area contributed by atoms with Crippen molar-refractivity contribution in [3.8, 4) is 16.9 Å². The minimum Gasteiger partial charge on any atom is -0.484 e. The van der Waals surface area contributed by atoms with Crippen molar-refractivity contribution in [2.75, 3.05) is 11.9 Å². The highest BCUT2D eigenvalue weighted by atomic mass is 35.5. The van der Waals surface area contributed by atoms with E-state index < -0.39 is 35.4 Å². The number of carbonyl (C=O) groups excluding carboxylic acids is 1. The van der Waals surface area contributed by atoms with Crippen LogP contribution >= 0.6 is 11.6 Å². The number of nitrogens with one attached hydrogen (secondary N) is 1. The van der Waals surface area contributed by atoms with Crippen LogP contribution < -0.4 is 15.5 Å². The summed E-state index contributed by atoms with van der Waals surface area (Å²) in [5.41, 5.74) is 0.963. The van der Waals surface area contributed by atoms with Crippen LogP contribution in [-0.2, 0) is 11.0 Å². The second-order valence-electron chi connectivity index (χ2n) is 9.76. The Balaban J connectivity index is 1.63. The van der Waals surface area contributed by atoms with Gasteiger partial charge in [-0.05, 0) is 52.8 Å². The lowest BCUT2D eigenvalue weighted by Crippen LogP contribution is -2.22. The maximum absolute atomic E-state index is 13.9. The summed E-state index contributed by atoms with van der Waals surface area (Å²) in [6.45, 7) is 7.72. The molecule has 5 nitrogen and oxygen atoms in total.